The van der Waals surface area contributed by atoms with Crippen molar-refractivity contribution in [2.24, 2.45) is 0 Å². The van der Waals surface area contributed by atoms with Gasteiger partial charge in [-0.2, -0.15) is 5.10 Å². The molecule has 2 aliphatic heterocycles. The Morgan fingerprint density at radius 2 is 1.93 bits per heavy atom. The molecule has 2 aromatic heterocycles. The van der Waals surface area contributed by atoms with E-state index in [1.54, 1.807) is 18.5 Å². The van der Waals surface area contributed by atoms with Crippen molar-refractivity contribution in [2.45, 2.75) is 26.2 Å². The lowest BCUT2D eigenvalue weighted by Crippen LogP contribution is -2.33. The van der Waals surface area contributed by atoms with Crippen LogP contribution >= 0.6 is 0 Å². The smallest absolute Gasteiger partial charge is 0.231 e. The van der Waals surface area contributed by atoms with Crippen LogP contribution in [0, 0.1) is 0 Å². The fourth-order valence-corrected chi connectivity index (χ4v) is 3.46. The van der Waals surface area contributed by atoms with Crippen LogP contribution in [0.2, 0.25) is 0 Å². The van der Waals surface area contributed by atoms with E-state index >= 15 is 0 Å². The van der Waals surface area contributed by atoms with Crippen molar-refractivity contribution in [3.63, 3.8) is 0 Å². The summed E-state index contributed by atoms with van der Waals surface area (Å²) in [4.78, 5) is 10.8. The Bertz CT molecular complexity index is 943. The van der Waals surface area contributed by atoms with Gasteiger partial charge < -0.3 is 14.8 Å². The highest BCUT2D eigenvalue weighted by Gasteiger charge is 2.20. The summed E-state index contributed by atoms with van der Waals surface area (Å²) >= 11 is 0. The van der Waals surface area contributed by atoms with Crippen LogP contribution in [-0.4, -0.2) is 38.0 Å². The van der Waals surface area contributed by atoms with Crippen molar-refractivity contribution in [3.8, 4) is 11.5 Å². The summed E-state index contributed by atoms with van der Waals surface area (Å²) in [5, 5.41) is 7.90. The molecule has 5 rings (SSSR count). The number of aromatic nitrogens is 4. The maximum absolute atomic E-state index is 5.48. The molecular weight excluding hydrogens is 344 g/mol. The zero-order valence-electron chi connectivity index (χ0n) is 14.8. The number of anilines is 1. The molecule has 1 N–H and O–H groups in total. The molecule has 0 saturated carbocycles. The molecule has 4 heterocycles. The van der Waals surface area contributed by atoms with Gasteiger partial charge in [-0.25, -0.2) is 9.97 Å². The average Bonchev–Trinajstić information content (AvgIpc) is 3.33. The quantitative estimate of drug-likeness (QED) is 0.742. The highest BCUT2D eigenvalue weighted by molar-refractivity contribution is 5.44. The molecule has 0 bridgehead atoms. The zero-order chi connectivity index (χ0) is 18.1. The number of rotatable bonds is 5. The second-order valence-electron chi connectivity index (χ2n) is 6.67. The van der Waals surface area contributed by atoms with Crippen LogP contribution in [0.4, 0.5) is 5.95 Å². The van der Waals surface area contributed by atoms with E-state index in [-0.39, 0.29) is 0 Å². The highest BCUT2D eigenvalue weighted by Crippen LogP contribution is 2.33. The minimum absolute atomic E-state index is 0.312. The molecule has 0 fully saturated rings. The summed E-state index contributed by atoms with van der Waals surface area (Å²) in [7, 11) is 0. The third kappa shape index (κ3) is 3.43. The number of hydrogen-bond acceptors (Lipinski definition) is 7. The van der Waals surface area contributed by atoms with Crippen molar-refractivity contribution in [1.29, 1.82) is 0 Å². The van der Waals surface area contributed by atoms with Gasteiger partial charge >= 0.3 is 0 Å². The summed E-state index contributed by atoms with van der Waals surface area (Å²) in [6.45, 7) is 4.55. The SMILES string of the molecule is c1cnc(NCc2cc3n(n2)CCN(Cc2ccc4c(c2)OCO4)C3)nc1. The molecular formula is C19H20N6O2. The maximum Gasteiger partial charge on any atom is 0.231 e. The van der Waals surface area contributed by atoms with Crippen molar-refractivity contribution in [3.05, 3.63) is 59.7 Å². The second kappa shape index (κ2) is 6.88. The minimum Gasteiger partial charge on any atom is -0.454 e. The van der Waals surface area contributed by atoms with E-state index in [0.717, 1.165) is 43.4 Å². The first-order chi connectivity index (χ1) is 13.3. The maximum atomic E-state index is 5.48. The Morgan fingerprint density at radius 1 is 1.04 bits per heavy atom. The van der Waals surface area contributed by atoms with Gasteiger partial charge in [0, 0.05) is 32.0 Å². The van der Waals surface area contributed by atoms with E-state index in [2.05, 4.69) is 48.2 Å². The minimum atomic E-state index is 0.312. The monoisotopic (exact) mass is 364 g/mol. The lowest BCUT2D eigenvalue weighted by molar-refractivity contribution is 0.173. The molecule has 138 valence electrons. The fourth-order valence-electron chi connectivity index (χ4n) is 3.46. The molecule has 2 aliphatic rings. The van der Waals surface area contributed by atoms with E-state index in [4.69, 9.17) is 9.47 Å². The second-order valence-corrected chi connectivity index (χ2v) is 6.67. The molecule has 0 saturated heterocycles. The predicted octanol–water partition coefficient (Wildman–Crippen LogP) is 2.03. The molecule has 0 spiro atoms. The number of fused-ring (bicyclic) bond motifs is 2. The highest BCUT2D eigenvalue weighted by atomic mass is 16.7. The molecule has 0 radical (unpaired) electrons. The number of nitrogens with zero attached hydrogens (tertiary/aromatic N) is 5. The molecule has 3 aromatic rings. The van der Waals surface area contributed by atoms with Crippen LogP contribution in [0.15, 0.2) is 42.7 Å². The van der Waals surface area contributed by atoms with Gasteiger partial charge in [-0.05, 0) is 29.8 Å². The Morgan fingerprint density at radius 3 is 2.85 bits per heavy atom. The van der Waals surface area contributed by atoms with E-state index < -0.39 is 0 Å². The Hall–Kier alpha value is -3.13. The van der Waals surface area contributed by atoms with Gasteiger partial charge in [-0.3, -0.25) is 9.58 Å². The van der Waals surface area contributed by atoms with Crippen LogP contribution in [0.1, 0.15) is 17.0 Å². The number of nitrogens with one attached hydrogen (secondary N) is 1. The van der Waals surface area contributed by atoms with Crippen molar-refractivity contribution < 1.29 is 9.47 Å². The van der Waals surface area contributed by atoms with Gasteiger partial charge in [0.15, 0.2) is 11.5 Å². The van der Waals surface area contributed by atoms with E-state index in [0.29, 0.717) is 19.3 Å². The molecule has 0 atom stereocenters. The van der Waals surface area contributed by atoms with Crippen molar-refractivity contribution in [2.75, 3.05) is 18.7 Å². The number of ether oxygens (including phenoxy) is 2. The number of hydrogen-bond donors (Lipinski definition) is 1. The van der Waals surface area contributed by atoms with E-state index in [9.17, 15) is 0 Å². The number of benzene rings is 1. The van der Waals surface area contributed by atoms with E-state index in [1.807, 2.05) is 6.07 Å². The van der Waals surface area contributed by atoms with Gasteiger partial charge in [0.2, 0.25) is 12.7 Å². The van der Waals surface area contributed by atoms with E-state index in [1.165, 1.54) is 11.3 Å². The molecule has 1 aromatic carbocycles. The zero-order valence-corrected chi connectivity index (χ0v) is 14.8. The first kappa shape index (κ1) is 16.1. The van der Waals surface area contributed by atoms with Crippen molar-refractivity contribution >= 4 is 5.95 Å². The normalized spacial score (nSPS) is 15.6. The van der Waals surface area contributed by atoms with Gasteiger partial charge in [0.25, 0.3) is 0 Å². The summed E-state index contributed by atoms with van der Waals surface area (Å²) < 4.78 is 13.0. The van der Waals surface area contributed by atoms with Crippen LogP contribution in [0.5, 0.6) is 11.5 Å². The van der Waals surface area contributed by atoms with Gasteiger partial charge in [0.1, 0.15) is 0 Å². The summed E-state index contributed by atoms with van der Waals surface area (Å²) in [5.41, 5.74) is 3.46. The average molecular weight is 364 g/mol. The lowest BCUT2D eigenvalue weighted by atomic mass is 10.1. The molecule has 0 aliphatic carbocycles. The van der Waals surface area contributed by atoms with Crippen LogP contribution in [0.3, 0.4) is 0 Å². The predicted molar refractivity (Wildman–Crippen MR) is 98.3 cm³/mol. The van der Waals surface area contributed by atoms with Crippen LogP contribution in [-0.2, 0) is 26.2 Å². The third-order valence-electron chi connectivity index (χ3n) is 4.76. The summed E-state index contributed by atoms with van der Waals surface area (Å²) in [6.07, 6.45) is 3.45. The fraction of sp³-hybridized carbons (Fsp3) is 0.316. The summed E-state index contributed by atoms with van der Waals surface area (Å²) in [5.74, 6) is 2.29. The van der Waals surface area contributed by atoms with Crippen molar-refractivity contribution in [1.82, 2.24) is 24.6 Å². The molecule has 0 unspecified atom stereocenters. The lowest BCUT2D eigenvalue weighted by Gasteiger charge is -2.27. The third-order valence-corrected chi connectivity index (χ3v) is 4.76. The van der Waals surface area contributed by atoms with Crippen LogP contribution in [0.25, 0.3) is 0 Å². The first-order valence-corrected chi connectivity index (χ1v) is 9.01. The van der Waals surface area contributed by atoms with Crippen LogP contribution < -0.4 is 14.8 Å². The summed E-state index contributed by atoms with van der Waals surface area (Å²) in [6, 6.07) is 10.1. The molecule has 27 heavy (non-hydrogen) atoms. The molecule has 0 amide bonds. The Labute approximate surface area is 156 Å². The van der Waals surface area contributed by atoms with Gasteiger partial charge in [-0.1, -0.05) is 6.07 Å². The topological polar surface area (TPSA) is 77.3 Å². The largest absolute Gasteiger partial charge is 0.454 e. The van der Waals surface area contributed by atoms with Gasteiger partial charge in [0.05, 0.1) is 24.5 Å². The molecule has 8 nitrogen and oxygen atoms in total. The van der Waals surface area contributed by atoms with Gasteiger partial charge in [-0.15, -0.1) is 0 Å². The Balaban J connectivity index is 1.23. The Kier molecular flexibility index (Phi) is 4.10. The first-order valence-electron chi connectivity index (χ1n) is 9.01. The standard InChI is InChI=1S/C19H20N6O2/c1-4-20-19(21-5-1)22-10-15-9-16-12-24(6-7-25(16)23-15)11-14-2-3-17-18(8-14)27-13-26-17/h1-5,8-9H,6-7,10-13H2,(H,20,21,22). The molecule has 8 heteroatoms.